The number of rotatable bonds is 1. The van der Waals surface area contributed by atoms with Gasteiger partial charge in [-0.15, -0.1) is 0 Å². The van der Waals surface area contributed by atoms with E-state index >= 15 is 0 Å². The summed E-state index contributed by atoms with van der Waals surface area (Å²) in [5.74, 6) is 0.0369. The van der Waals surface area contributed by atoms with Gasteiger partial charge in [-0.1, -0.05) is 0 Å². The Bertz CT molecular complexity index is 308. The second-order valence-electron chi connectivity index (χ2n) is 2.37. The number of pyridine rings is 1. The van der Waals surface area contributed by atoms with Gasteiger partial charge in [-0.2, -0.15) is 13.2 Å². The number of nitrogens with zero attached hydrogens (tertiary/aromatic N) is 1. The maximum Gasteiger partial charge on any atom is 0.418 e. The van der Waals surface area contributed by atoms with Gasteiger partial charge >= 0.3 is 6.18 Å². The van der Waals surface area contributed by atoms with E-state index in [1.54, 1.807) is 0 Å². The third-order valence-electron chi connectivity index (χ3n) is 1.53. The monoisotopic (exact) mass is 191 g/mol. The van der Waals surface area contributed by atoms with E-state index in [4.69, 9.17) is 5.73 Å². The van der Waals surface area contributed by atoms with Crippen LogP contribution in [0.1, 0.15) is 5.56 Å². The minimum atomic E-state index is -4.43. The quantitative estimate of drug-likeness (QED) is 0.710. The molecule has 6 heteroatoms. The van der Waals surface area contributed by atoms with Crippen molar-refractivity contribution in [2.75, 3.05) is 18.1 Å². The molecule has 1 aromatic rings. The van der Waals surface area contributed by atoms with Crippen LogP contribution in [-0.2, 0) is 6.18 Å². The van der Waals surface area contributed by atoms with Gasteiger partial charge in [0.15, 0.2) is 0 Å². The predicted molar refractivity (Wildman–Crippen MR) is 43.2 cm³/mol. The van der Waals surface area contributed by atoms with Gasteiger partial charge in [0, 0.05) is 13.2 Å². The molecule has 1 rings (SSSR count). The van der Waals surface area contributed by atoms with Crippen LogP contribution in [0.4, 0.5) is 24.7 Å². The third kappa shape index (κ3) is 1.82. The van der Waals surface area contributed by atoms with Gasteiger partial charge in [0.05, 0.1) is 11.3 Å². The molecule has 0 aliphatic heterocycles. The molecular weight excluding hydrogens is 183 g/mol. The zero-order chi connectivity index (χ0) is 10.1. The summed E-state index contributed by atoms with van der Waals surface area (Å²) >= 11 is 0. The fraction of sp³-hybridized carbons (Fsp3) is 0.286. The van der Waals surface area contributed by atoms with Crippen molar-refractivity contribution in [3.8, 4) is 0 Å². The predicted octanol–water partition coefficient (Wildman–Crippen LogP) is 1.72. The number of nitrogen functional groups attached to an aromatic ring is 1. The second-order valence-corrected chi connectivity index (χ2v) is 2.37. The molecule has 0 amide bonds. The van der Waals surface area contributed by atoms with E-state index in [1.165, 1.54) is 7.05 Å². The standard InChI is InChI=1S/C7H8F3N3/c1-12-6-5(11)4(2-3-13-6)7(8,9)10/h2-3H,11H2,1H3,(H,12,13). The molecule has 13 heavy (non-hydrogen) atoms. The van der Waals surface area contributed by atoms with Crippen molar-refractivity contribution in [1.29, 1.82) is 0 Å². The van der Waals surface area contributed by atoms with Gasteiger partial charge in [0.25, 0.3) is 0 Å². The largest absolute Gasteiger partial charge is 0.418 e. The van der Waals surface area contributed by atoms with Crippen LogP contribution in [0.25, 0.3) is 0 Å². The number of nitrogens with two attached hydrogens (primary N) is 1. The van der Waals surface area contributed by atoms with E-state index < -0.39 is 11.7 Å². The number of anilines is 2. The normalized spacial score (nSPS) is 11.4. The van der Waals surface area contributed by atoms with Crippen molar-refractivity contribution in [2.24, 2.45) is 0 Å². The first-order valence-corrected chi connectivity index (χ1v) is 3.46. The second kappa shape index (κ2) is 3.12. The SMILES string of the molecule is CNc1nccc(C(F)(F)F)c1N. The minimum Gasteiger partial charge on any atom is -0.395 e. The Morgan fingerprint density at radius 3 is 2.54 bits per heavy atom. The van der Waals surface area contributed by atoms with Crippen LogP contribution in [0.15, 0.2) is 12.3 Å². The van der Waals surface area contributed by atoms with E-state index in [2.05, 4.69) is 10.3 Å². The van der Waals surface area contributed by atoms with Crippen molar-refractivity contribution in [1.82, 2.24) is 4.98 Å². The van der Waals surface area contributed by atoms with Gasteiger partial charge in [0.2, 0.25) is 0 Å². The molecule has 1 aromatic heterocycles. The number of aromatic nitrogens is 1. The van der Waals surface area contributed by atoms with E-state index in [-0.39, 0.29) is 11.5 Å². The van der Waals surface area contributed by atoms with Crippen LogP contribution in [0.3, 0.4) is 0 Å². The maximum atomic E-state index is 12.2. The third-order valence-corrected chi connectivity index (χ3v) is 1.53. The van der Waals surface area contributed by atoms with Crippen LogP contribution < -0.4 is 11.1 Å². The van der Waals surface area contributed by atoms with Crippen molar-refractivity contribution in [3.05, 3.63) is 17.8 Å². The Labute approximate surface area is 72.8 Å². The zero-order valence-corrected chi connectivity index (χ0v) is 6.81. The molecule has 72 valence electrons. The smallest absolute Gasteiger partial charge is 0.395 e. The van der Waals surface area contributed by atoms with Crippen LogP contribution in [-0.4, -0.2) is 12.0 Å². The Hall–Kier alpha value is -1.46. The first kappa shape index (κ1) is 9.63. The summed E-state index contributed by atoms with van der Waals surface area (Å²) in [5, 5.41) is 2.47. The molecule has 0 atom stereocenters. The van der Waals surface area contributed by atoms with Gasteiger partial charge in [0.1, 0.15) is 5.82 Å². The molecule has 3 N–H and O–H groups in total. The summed E-state index contributed by atoms with van der Waals surface area (Å²) in [7, 11) is 1.46. The Morgan fingerprint density at radius 1 is 1.46 bits per heavy atom. The minimum absolute atomic E-state index is 0.0369. The number of nitrogens with one attached hydrogen (secondary N) is 1. The van der Waals surface area contributed by atoms with Gasteiger partial charge in [-0.3, -0.25) is 0 Å². The molecule has 0 bridgehead atoms. The van der Waals surface area contributed by atoms with Crippen LogP contribution in [0.2, 0.25) is 0 Å². The summed E-state index contributed by atoms with van der Waals surface area (Å²) in [6.07, 6.45) is -3.37. The maximum absolute atomic E-state index is 12.2. The van der Waals surface area contributed by atoms with Crippen LogP contribution in [0.5, 0.6) is 0 Å². The molecule has 0 aliphatic rings. The highest BCUT2D eigenvalue weighted by molar-refractivity contribution is 5.65. The van der Waals surface area contributed by atoms with Crippen molar-refractivity contribution >= 4 is 11.5 Å². The van der Waals surface area contributed by atoms with E-state index in [0.29, 0.717) is 0 Å². The average molecular weight is 191 g/mol. The Morgan fingerprint density at radius 2 is 2.08 bits per heavy atom. The first-order valence-electron chi connectivity index (χ1n) is 3.46. The molecule has 0 fully saturated rings. The highest BCUT2D eigenvalue weighted by Gasteiger charge is 2.33. The Kier molecular flexibility index (Phi) is 2.31. The van der Waals surface area contributed by atoms with Crippen molar-refractivity contribution in [3.63, 3.8) is 0 Å². The number of hydrogen-bond acceptors (Lipinski definition) is 3. The molecule has 0 saturated carbocycles. The summed E-state index contributed by atoms with van der Waals surface area (Å²) in [6, 6.07) is 0.843. The fourth-order valence-corrected chi connectivity index (χ4v) is 0.920. The highest BCUT2D eigenvalue weighted by Crippen LogP contribution is 2.35. The van der Waals surface area contributed by atoms with Gasteiger partial charge < -0.3 is 11.1 Å². The van der Waals surface area contributed by atoms with E-state index in [0.717, 1.165) is 12.3 Å². The van der Waals surface area contributed by atoms with Gasteiger partial charge in [-0.05, 0) is 6.07 Å². The van der Waals surface area contributed by atoms with Crippen LogP contribution in [0, 0.1) is 0 Å². The summed E-state index contributed by atoms with van der Waals surface area (Å²) in [4.78, 5) is 3.63. The summed E-state index contributed by atoms with van der Waals surface area (Å²) < 4.78 is 36.7. The summed E-state index contributed by atoms with van der Waals surface area (Å²) in [6.45, 7) is 0. The molecule has 1 heterocycles. The van der Waals surface area contributed by atoms with E-state index in [9.17, 15) is 13.2 Å². The lowest BCUT2D eigenvalue weighted by molar-refractivity contribution is -0.136. The Balaban J connectivity index is 3.24. The number of hydrogen-bond donors (Lipinski definition) is 2. The summed E-state index contributed by atoms with van der Waals surface area (Å²) in [5.41, 5.74) is 3.99. The lowest BCUT2D eigenvalue weighted by atomic mass is 10.2. The molecule has 0 aliphatic carbocycles. The number of halogens is 3. The first-order chi connectivity index (χ1) is 5.96. The zero-order valence-electron chi connectivity index (χ0n) is 6.81. The lowest BCUT2D eigenvalue weighted by Crippen LogP contribution is -2.11. The average Bonchev–Trinajstić information content (AvgIpc) is 2.02. The van der Waals surface area contributed by atoms with Crippen molar-refractivity contribution < 1.29 is 13.2 Å². The van der Waals surface area contributed by atoms with Crippen molar-refractivity contribution in [2.45, 2.75) is 6.18 Å². The van der Waals surface area contributed by atoms with Gasteiger partial charge in [-0.25, -0.2) is 4.98 Å². The van der Waals surface area contributed by atoms with E-state index in [1.807, 2.05) is 0 Å². The fourth-order valence-electron chi connectivity index (χ4n) is 0.920. The molecule has 0 saturated heterocycles. The molecule has 0 spiro atoms. The highest BCUT2D eigenvalue weighted by atomic mass is 19.4. The number of alkyl halides is 3. The molecule has 0 radical (unpaired) electrons. The molecule has 0 aromatic carbocycles. The lowest BCUT2D eigenvalue weighted by Gasteiger charge is -2.11. The molecule has 0 unspecified atom stereocenters. The molecular formula is C7H8F3N3. The molecule has 3 nitrogen and oxygen atoms in total. The topological polar surface area (TPSA) is 50.9 Å². The van der Waals surface area contributed by atoms with Crippen LogP contribution >= 0.6 is 0 Å².